The molecule has 0 radical (unpaired) electrons. The molecule has 2 N–H and O–H groups in total. The van der Waals surface area contributed by atoms with Gasteiger partial charge in [-0.15, -0.1) is 0 Å². The van der Waals surface area contributed by atoms with Gasteiger partial charge in [0.1, 0.15) is 0 Å². The molecule has 0 aromatic carbocycles. The summed E-state index contributed by atoms with van der Waals surface area (Å²) in [6.07, 6.45) is 0. The van der Waals surface area contributed by atoms with Crippen molar-refractivity contribution in [1.29, 1.82) is 0 Å². The highest BCUT2D eigenvalue weighted by atomic mass is 35.6. The quantitative estimate of drug-likeness (QED) is 0.292. The Hall–Kier alpha value is 0.684. The summed E-state index contributed by atoms with van der Waals surface area (Å²) in [7, 11) is 0.00309. The molecule has 0 aromatic rings. The van der Waals surface area contributed by atoms with Gasteiger partial charge in [-0.3, -0.25) is 0 Å². The van der Waals surface area contributed by atoms with Crippen molar-refractivity contribution in [3.63, 3.8) is 0 Å². The van der Waals surface area contributed by atoms with Crippen LogP contribution in [-0.2, 0) is 0 Å². The van der Waals surface area contributed by atoms with Crippen molar-refractivity contribution in [2.45, 2.75) is 0 Å². The van der Waals surface area contributed by atoms with Crippen molar-refractivity contribution in [1.82, 2.24) is 0 Å². The third-order valence-corrected chi connectivity index (χ3v) is 0. The second kappa shape index (κ2) is 1.96. The van der Waals surface area contributed by atoms with Crippen molar-refractivity contribution in [2.24, 2.45) is 5.40 Å². The monoisotopic (exact) mass is 111 g/mol. The average Bonchev–Trinajstić information content (AvgIpc) is 0.811. The summed E-state index contributed by atoms with van der Waals surface area (Å²) in [6.45, 7) is 0. The summed E-state index contributed by atoms with van der Waals surface area (Å²) in [4.78, 5) is 0. The molecule has 4 heteroatoms. The van der Waals surface area contributed by atoms with E-state index in [1.54, 1.807) is 0 Å². The number of hydrogen-bond acceptors (Lipinski definition) is 1. The SMILES string of the molecule is N[SiH]([SiH3])Cl. The minimum atomic E-state index is -1.03. The van der Waals surface area contributed by atoms with Crippen LogP contribution in [0.25, 0.3) is 0 Å². The van der Waals surface area contributed by atoms with Crippen LogP contribution in [0.4, 0.5) is 0 Å². The summed E-state index contributed by atoms with van der Waals surface area (Å²) in [6, 6.07) is 0. The molecule has 0 saturated heterocycles. The van der Waals surface area contributed by atoms with Gasteiger partial charge in [0.25, 0.3) is 0 Å². The maximum atomic E-state index is 5.25. The molecular formula is H6ClNSi2. The third-order valence-electron chi connectivity index (χ3n) is 0. The van der Waals surface area contributed by atoms with E-state index in [4.69, 9.17) is 16.5 Å². The molecule has 0 amide bonds. The minimum absolute atomic E-state index is 1.03. The zero-order chi connectivity index (χ0) is 3.58. The molecule has 0 fully saturated rings. The van der Waals surface area contributed by atoms with Crippen LogP contribution >= 0.6 is 11.1 Å². The van der Waals surface area contributed by atoms with Gasteiger partial charge >= 0.3 is 0 Å². The first kappa shape index (κ1) is 4.68. The molecule has 0 aliphatic carbocycles. The first-order valence-electron chi connectivity index (χ1n) is 1.13. The lowest BCUT2D eigenvalue weighted by Gasteiger charge is -1.73. The molecule has 0 saturated carbocycles. The predicted octanol–water partition coefficient (Wildman–Crippen LogP) is -1.73. The summed E-state index contributed by atoms with van der Waals surface area (Å²) in [5.41, 5.74) is 0. The van der Waals surface area contributed by atoms with E-state index in [0.29, 0.717) is 0 Å². The van der Waals surface area contributed by atoms with Crippen LogP contribution in [0.5, 0.6) is 0 Å². The summed E-state index contributed by atoms with van der Waals surface area (Å²) in [5.74, 6) is 0. The Morgan fingerprint density at radius 1 is 2.00 bits per heavy atom. The lowest BCUT2D eigenvalue weighted by atomic mass is 13.9. The molecule has 4 heavy (non-hydrogen) atoms. The van der Waals surface area contributed by atoms with Crippen LogP contribution in [0, 0.1) is 0 Å². The Labute approximate surface area is 34.7 Å². The van der Waals surface area contributed by atoms with Gasteiger partial charge in [0.05, 0.1) is 0 Å². The summed E-state index contributed by atoms with van der Waals surface area (Å²) in [5, 5.41) is 5.08. The Morgan fingerprint density at radius 2 is 2.00 bits per heavy atom. The molecule has 26 valence electrons. The molecule has 0 aromatic heterocycles. The third kappa shape index (κ3) is 16.3. The van der Waals surface area contributed by atoms with E-state index in [-0.39, 0.29) is 0 Å². The number of rotatable bonds is 0. The molecule has 0 spiro atoms. The van der Waals surface area contributed by atoms with Gasteiger partial charge in [-0.2, -0.15) is 11.1 Å². The van der Waals surface area contributed by atoms with Crippen LogP contribution in [0.15, 0.2) is 0 Å². The van der Waals surface area contributed by atoms with E-state index in [9.17, 15) is 0 Å². The van der Waals surface area contributed by atoms with Crippen LogP contribution in [0.3, 0.4) is 0 Å². The van der Waals surface area contributed by atoms with Crippen molar-refractivity contribution >= 4 is 28.6 Å². The van der Waals surface area contributed by atoms with Crippen LogP contribution in [0.2, 0.25) is 0 Å². The highest BCUT2D eigenvalue weighted by Crippen LogP contribution is 1.60. The fraction of sp³-hybridized carbons (Fsp3) is 0. The molecule has 1 unspecified atom stereocenters. The van der Waals surface area contributed by atoms with Gasteiger partial charge < -0.3 is 5.40 Å². The van der Waals surface area contributed by atoms with E-state index in [1.165, 1.54) is 0 Å². The lowest BCUT2D eigenvalue weighted by molar-refractivity contribution is 1.96. The molecule has 1 nitrogen and oxygen atoms in total. The molecule has 0 aliphatic rings. The molecule has 0 aliphatic heterocycles. The van der Waals surface area contributed by atoms with Gasteiger partial charge in [-0.25, -0.2) is 0 Å². The Kier molecular flexibility index (Phi) is 2.29. The molecule has 0 rings (SSSR count). The van der Waals surface area contributed by atoms with E-state index >= 15 is 0 Å². The van der Waals surface area contributed by atoms with Gasteiger partial charge in [0.15, 0.2) is 7.79 Å². The number of halogens is 1. The number of nitrogens with two attached hydrogens (primary N) is 1. The Morgan fingerprint density at radius 3 is 2.00 bits per heavy atom. The largest absolute Gasteiger partial charge is 0.344 e. The van der Waals surface area contributed by atoms with E-state index in [0.717, 1.165) is 9.76 Å². The highest BCUT2D eigenvalue weighted by Gasteiger charge is 1.76. The molecule has 0 bridgehead atoms. The summed E-state index contributed by atoms with van der Waals surface area (Å²) < 4.78 is 0. The van der Waals surface area contributed by atoms with Crippen LogP contribution in [0.1, 0.15) is 0 Å². The Balaban J connectivity index is 2.32. The maximum absolute atomic E-state index is 5.25. The van der Waals surface area contributed by atoms with Crippen LogP contribution in [-0.4, -0.2) is 17.5 Å². The first-order chi connectivity index (χ1) is 1.73. The van der Waals surface area contributed by atoms with Crippen molar-refractivity contribution in [3.05, 3.63) is 0 Å². The first-order valence-corrected chi connectivity index (χ1v) is 8.16. The Bertz CT molecular complexity index is 10.8. The van der Waals surface area contributed by atoms with Gasteiger partial charge in [0.2, 0.25) is 0 Å². The molecule has 0 heterocycles. The van der Waals surface area contributed by atoms with E-state index in [2.05, 4.69) is 0 Å². The molecular weight excluding hydrogens is 106 g/mol. The lowest BCUT2D eigenvalue weighted by Crippen LogP contribution is -2.16. The minimum Gasteiger partial charge on any atom is -0.344 e. The van der Waals surface area contributed by atoms with Crippen molar-refractivity contribution in [3.8, 4) is 0 Å². The van der Waals surface area contributed by atoms with Gasteiger partial charge in [-0.05, 0) is 0 Å². The topological polar surface area (TPSA) is 26.0 Å². The van der Waals surface area contributed by atoms with E-state index in [1.807, 2.05) is 0 Å². The maximum Gasteiger partial charge on any atom is 0.184 e. The standard InChI is InChI=1S/ClH6NSi2/c1-4(2)3/h4H,2H2,3H3. The zero-order valence-corrected chi connectivity index (χ0v) is 6.44. The number of hydrogen-bond donors (Lipinski definition) is 1. The fourth-order valence-corrected chi connectivity index (χ4v) is 0. The van der Waals surface area contributed by atoms with Crippen LogP contribution < -0.4 is 5.40 Å². The zero-order valence-electron chi connectivity index (χ0n) is 2.53. The second-order valence-corrected chi connectivity index (χ2v) is 10.0. The smallest absolute Gasteiger partial charge is 0.184 e. The average molecular weight is 112 g/mol. The van der Waals surface area contributed by atoms with E-state index < -0.39 is 7.79 Å². The molecule has 1 atom stereocenters. The normalized spacial score (nSPS) is 16.5. The predicted molar refractivity (Wildman–Crippen MR) is 27.1 cm³/mol. The fourth-order valence-electron chi connectivity index (χ4n) is 0. The van der Waals surface area contributed by atoms with Gasteiger partial charge in [0, 0.05) is 9.76 Å². The van der Waals surface area contributed by atoms with Crippen molar-refractivity contribution < 1.29 is 0 Å². The van der Waals surface area contributed by atoms with Crippen molar-refractivity contribution in [2.75, 3.05) is 0 Å². The second-order valence-electron chi connectivity index (χ2n) is 0.678. The van der Waals surface area contributed by atoms with Gasteiger partial charge in [-0.1, -0.05) is 0 Å². The highest BCUT2D eigenvalue weighted by molar-refractivity contribution is 7.30. The summed E-state index contributed by atoms with van der Waals surface area (Å²) >= 11 is 5.25.